The van der Waals surface area contributed by atoms with Crippen molar-refractivity contribution in [2.24, 2.45) is 5.73 Å². The van der Waals surface area contributed by atoms with Gasteiger partial charge in [-0.05, 0) is 84.6 Å². The molecule has 0 aromatic heterocycles. The first-order chi connectivity index (χ1) is 21.3. The molecule has 0 spiro atoms. The van der Waals surface area contributed by atoms with Gasteiger partial charge in [-0.1, -0.05) is 41.9 Å². The van der Waals surface area contributed by atoms with Gasteiger partial charge in [0.25, 0.3) is 0 Å². The summed E-state index contributed by atoms with van der Waals surface area (Å²) < 4.78 is 48.8. The van der Waals surface area contributed by atoms with E-state index in [1.165, 1.54) is 36.4 Å². The fraction of sp³-hybridized carbons (Fsp3) is 0.265. The van der Waals surface area contributed by atoms with Crippen LogP contribution in [0.5, 0.6) is 0 Å². The molecule has 4 aromatic rings. The number of carbonyl (C=O) groups excluding carboxylic acids is 1. The number of ether oxygens (including phenoxy) is 1. The van der Waals surface area contributed by atoms with Gasteiger partial charge in [-0.25, -0.2) is 13.2 Å². The summed E-state index contributed by atoms with van der Waals surface area (Å²) in [5.74, 6) is -1.80. The Morgan fingerprint density at radius 3 is 2.16 bits per heavy atom. The Morgan fingerprint density at radius 2 is 1.52 bits per heavy atom. The molecule has 4 aromatic carbocycles. The van der Waals surface area contributed by atoms with Gasteiger partial charge in [-0.2, -0.15) is 0 Å². The van der Waals surface area contributed by atoms with E-state index in [4.69, 9.17) is 22.1 Å². The number of nitrogens with one attached hydrogen (secondary N) is 2. The molecular formula is C34H33ClF3N3O2S. The topological polar surface area (TPSA) is 76.4 Å². The number of hydrogen-bond donors (Lipinski definition) is 3. The molecule has 1 unspecified atom stereocenters. The fourth-order valence-electron chi connectivity index (χ4n) is 5.31. The van der Waals surface area contributed by atoms with E-state index in [9.17, 15) is 13.6 Å². The van der Waals surface area contributed by atoms with E-state index in [0.29, 0.717) is 46.8 Å². The summed E-state index contributed by atoms with van der Waals surface area (Å²) >= 11 is 7.67. The second-order valence-corrected chi connectivity index (χ2v) is 12.2. The smallest absolute Gasteiger partial charge is 0.242 e. The van der Waals surface area contributed by atoms with E-state index in [-0.39, 0.29) is 12.2 Å². The van der Waals surface area contributed by atoms with Gasteiger partial charge in [0.2, 0.25) is 5.91 Å². The van der Waals surface area contributed by atoms with Gasteiger partial charge in [0, 0.05) is 45.9 Å². The number of thioether (sulfide) groups is 1. The third-order valence-electron chi connectivity index (χ3n) is 7.59. The van der Waals surface area contributed by atoms with Crippen molar-refractivity contribution < 1.29 is 22.7 Å². The van der Waals surface area contributed by atoms with Crippen LogP contribution in [0, 0.1) is 17.5 Å². The van der Waals surface area contributed by atoms with Gasteiger partial charge in [-0.3, -0.25) is 4.79 Å². The summed E-state index contributed by atoms with van der Waals surface area (Å²) in [4.78, 5) is 14.6. The molecule has 44 heavy (non-hydrogen) atoms. The van der Waals surface area contributed by atoms with Crippen LogP contribution >= 0.6 is 23.4 Å². The number of anilines is 1. The molecule has 0 radical (unpaired) electrons. The first-order valence-electron chi connectivity index (χ1n) is 14.4. The van der Waals surface area contributed by atoms with Gasteiger partial charge >= 0.3 is 0 Å². The van der Waals surface area contributed by atoms with E-state index in [1.807, 2.05) is 24.3 Å². The standard InChI is InChI=1S/C34H33ClF3N3O2S/c35-23-8-15-28(16-9-23)44-20-27-19-40-18-26(43-27)14-17-29-30(38)2-1-3-31(29)41-34(42)33(39)32(21-4-10-24(36)11-5-21)22-6-12-25(37)13-7-22/h1-13,15-16,26-27,32-33,40H,14,17-20,39H2,(H,41,42)/t26-,27+,33?/m1/s1. The molecule has 3 atom stereocenters. The Hall–Kier alpha value is -3.34. The average molecular weight is 640 g/mol. The monoisotopic (exact) mass is 639 g/mol. The van der Waals surface area contributed by atoms with Crippen LogP contribution in [-0.2, 0) is 16.0 Å². The number of amides is 1. The van der Waals surface area contributed by atoms with E-state index < -0.39 is 35.3 Å². The predicted octanol–water partition coefficient (Wildman–Crippen LogP) is 6.94. The lowest BCUT2D eigenvalue weighted by molar-refractivity contribution is -0.117. The quantitative estimate of drug-likeness (QED) is 0.155. The number of nitrogens with two attached hydrogens (primary N) is 1. The second kappa shape index (κ2) is 15.1. The van der Waals surface area contributed by atoms with E-state index in [1.54, 1.807) is 42.1 Å². The molecule has 4 N–H and O–H groups in total. The molecule has 5 nitrogen and oxygen atoms in total. The molecule has 1 heterocycles. The first-order valence-corrected chi connectivity index (χ1v) is 15.7. The zero-order chi connectivity index (χ0) is 31.1. The van der Waals surface area contributed by atoms with Gasteiger partial charge in [0.05, 0.1) is 18.2 Å². The van der Waals surface area contributed by atoms with Crippen LogP contribution in [0.4, 0.5) is 18.9 Å². The summed E-state index contributed by atoms with van der Waals surface area (Å²) in [6.45, 7) is 1.36. The van der Waals surface area contributed by atoms with Crippen molar-refractivity contribution in [1.82, 2.24) is 5.32 Å². The maximum Gasteiger partial charge on any atom is 0.242 e. The molecule has 10 heteroatoms. The van der Waals surface area contributed by atoms with Crippen molar-refractivity contribution in [2.45, 2.75) is 41.9 Å². The SMILES string of the molecule is NC(C(=O)Nc1cccc(F)c1CC[C@@H]1CNC[C@@H](CSc2ccc(Cl)cc2)O1)C(c1ccc(F)cc1)c1ccc(F)cc1. The predicted molar refractivity (Wildman–Crippen MR) is 170 cm³/mol. The van der Waals surface area contributed by atoms with Crippen molar-refractivity contribution in [1.29, 1.82) is 0 Å². The summed E-state index contributed by atoms with van der Waals surface area (Å²) in [6, 6.07) is 22.4. The summed E-state index contributed by atoms with van der Waals surface area (Å²) in [5, 5.41) is 6.91. The Balaban J connectivity index is 1.25. The zero-order valence-electron chi connectivity index (χ0n) is 23.8. The van der Waals surface area contributed by atoms with Crippen LogP contribution in [0.1, 0.15) is 29.0 Å². The van der Waals surface area contributed by atoms with Gasteiger partial charge < -0.3 is 21.1 Å². The van der Waals surface area contributed by atoms with E-state index in [2.05, 4.69) is 10.6 Å². The maximum atomic E-state index is 15.1. The summed E-state index contributed by atoms with van der Waals surface area (Å²) in [5.41, 5.74) is 8.35. The largest absolute Gasteiger partial charge is 0.371 e. The summed E-state index contributed by atoms with van der Waals surface area (Å²) in [6.07, 6.45) is 0.729. The van der Waals surface area contributed by atoms with Crippen LogP contribution in [0.2, 0.25) is 5.02 Å². The maximum absolute atomic E-state index is 15.1. The minimum absolute atomic E-state index is 0.0120. The third kappa shape index (κ3) is 8.43. The van der Waals surface area contributed by atoms with Crippen LogP contribution in [0.3, 0.4) is 0 Å². The highest BCUT2D eigenvalue weighted by atomic mass is 35.5. The lowest BCUT2D eigenvalue weighted by atomic mass is 9.85. The normalized spacial score (nSPS) is 17.4. The number of morpholine rings is 1. The zero-order valence-corrected chi connectivity index (χ0v) is 25.4. The van der Waals surface area contributed by atoms with Crippen LogP contribution in [0.15, 0.2) is 95.9 Å². The molecule has 1 aliphatic heterocycles. The Kier molecular flexibility index (Phi) is 11.0. The highest BCUT2D eigenvalue weighted by Gasteiger charge is 2.29. The number of halogens is 4. The van der Waals surface area contributed by atoms with Crippen molar-refractivity contribution in [3.05, 3.63) is 130 Å². The van der Waals surface area contributed by atoms with Crippen molar-refractivity contribution in [3.63, 3.8) is 0 Å². The minimum Gasteiger partial charge on any atom is -0.371 e. The molecule has 1 saturated heterocycles. The first kappa shape index (κ1) is 32.1. The molecule has 0 saturated carbocycles. The van der Waals surface area contributed by atoms with E-state index >= 15 is 4.39 Å². The molecule has 1 aliphatic rings. The molecular weight excluding hydrogens is 607 g/mol. The third-order valence-corrected chi connectivity index (χ3v) is 8.99. The lowest BCUT2D eigenvalue weighted by Gasteiger charge is -2.31. The highest BCUT2D eigenvalue weighted by molar-refractivity contribution is 7.99. The van der Waals surface area contributed by atoms with Gasteiger partial charge in [0.1, 0.15) is 17.5 Å². The summed E-state index contributed by atoms with van der Waals surface area (Å²) in [7, 11) is 0. The minimum atomic E-state index is -1.13. The van der Waals surface area contributed by atoms with Gasteiger partial charge in [-0.15, -0.1) is 11.8 Å². The van der Waals surface area contributed by atoms with Crippen LogP contribution in [0.25, 0.3) is 0 Å². The highest BCUT2D eigenvalue weighted by Crippen LogP contribution is 2.30. The van der Waals surface area contributed by atoms with Crippen molar-refractivity contribution in [3.8, 4) is 0 Å². The number of benzene rings is 4. The molecule has 0 aliphatic carbocycles. The number of hydrogen-bond acceptors (Lipinski definition) is 5. The Morgan fingerprint density at radius 1 is 0.909 bits per heavy atom. The van der Waals surface area contributed by atoms with Crippen LogP contribution < -0.4 is 16.4 Å². The molecule has 5 rings (SSSR count). The molecule has 0 bridgehead atoms. The number of carbonyl (C=O) groups is 1. The van der Waals surface area contributed by atoms with Gasteiger partial charge in [0.15, 0.2) is 0 Å². The molecule has 1 amide bonds. The Bertz CT molecular complexity index is 1500. The van der Waals surface area contributed by atoms with Crippen molar-refractivity contribution in [2.75, 3.05) is 24.2 Å². The Labute approximate surface area is 264 Å². The molecule has 230 valence electrons. The average Bonchev–Trinajstić information content (AvgIpc) is 3.02. The lowest BCUT2D eigenvalue weighted by Crippen LogP contribution is -2.46. The second-order valence-electron chi connectivity index (χ2n) is 10.7. The number of rotatable bonds is 11. The fourth-order valence-corrected chi connectivity index (χ4v) is 6.34. The molecule has 1 fully saturated rings. The van der Waals surface area contributed by atoms with Crippen LogP contribution in [-0.4, -0.2) is 43.0 Å². The van der Waals surface area contributed by atoms with Crippen molar-refractivity contribution >= 4 is 35.0 Å². The van der Waals surface area contributed by atoms with E-state index in [0.717, 1.165) is 17.2 Å².